The second-order valence-electron chi connectivity index (χ2n) is 8.23. The molecule has 1 aromatic carbocycles. The third-order valence-corrected chi connectivity index (χ3v) is 6.27. The van der Waals surface area contributed by atoms with Crippen molar-refractivity contribution in [3.8, 4) is 0 Å². The lowest BCUT2D eigenvalue weighted by Crippen LogP contribution is -2.19. The molecule has 0 atom stereocenters. The lowest BCUT2D eigenvalue weighted by Gasteiger charge is -2.24. The maximum absolute atomic E-state index is 12.2. The van der Waals surface area contributed by atoms with Gasteiger partial charge in [-0.3, -0.25) is 9.59 Å². The molecule has 0 unspecified atom stereocenters. The van der Waals surface area contributed by atoms with Gasteiger partial charge < -0.3 is 10.3 Å². The van der Waals surface area contributed by atoms with Crippen LogP contribution in [0.2, 0.25) is 0 Å². The Balaban J connectivity index is 2.30. The number of hydrogen-bond acceptors (Lipinski definition) is 2. The van der Waals surface area contributed by atoms with Gasteiger partial charge >= 0.3 is 0 Å². The molecule has 2 N–H and O–H groups in total. The van der Waals surface area contributed by atoms with E-state index in [1.807, 2.05) is 19.1 Å². The van der Waals surface area contributed by atoms with Crippen molar-refractivity contribution in [1.82, 2.24) is 4.57 Å². The van der Waals surface area contributed by atoms with E-state index in [0.29, 0.717) is 23.6 Å². The molecule has 0 radical (unpaired) electrons. The molecule has 0 saturated heterocycles. The van der Waals surface area contributed by atoms with Gasteiger partial charge in [0.2, 0.25) is 5.91 Å². The number of amides is 1. The lowest BCUT2D eigenvalue weighted by molar-refractivity contribution is -0.114. The first kappa shape index (κ1) is 22.5. The van der Waals surface area contributed by atoms with E-state index in [9.17, 15) is 9.59 Å². The summed E-state index contributed by atoms with van der Waals surface area (Å²) in [6.07, 6.45) is 16.0. The SMILES string of the molecule is C=C/C=C/C=C(\Cn1c(/C(C)=C/C)c(C2CCCCC2)c2ccc(C=O)cc21)C(N)=O. The summed E-state index contributed by atoms with van der Waals surface area (Å²) in [5, 5.41) is 1.17. The van der Waals surface area contributed by atoms with E-state index in [1.54, 1.807) is 24.3 Å². The van der Waals surface area contributed by atoms with Crippen molar-refractivity contribution in [3.63, 3.8) is 0 Å². The number of carbonyl (C=O) groups is 2. The van der Waals surface area contributed by atoms with Gasteiger partial charge in [-0.05, 0) is 49.8 Å². The van der Waals surface area contributed by atoms with Gasteiger partial charge in [0.1, 0.15) is 6.29 Å². The molecule has 162 valence electrons. The number of hydrogen-bond donors (Lipinski definition) is 1. The molecule has 3 rings (SSSR count). The van der Waals surface area contributed by atoms with Gasteiger partial charge in [0, 0.05) is 27.7 Å². The maximum Gasteiger partial charge on any atom is 0.246 e. The second kappa shape index (κ2) is 10.3. The van der Waals surface area contributed by atoms with Crippen molar-refractivity contribution >= 4 is 28.7 Å². The van der Waals surface area contributed by atoms with Crippen LogP contribution in [0.3, 0.4) is 0 Å². The standard InChI is InChI=1S/C27H32N2O2/c1-4-6-8-13-22(27(28)31)17-29-24-16-20(18-30)14-15-23(24)25(26(29)19(3)5-2)21-11-9-7-10-12-21/h4-6,8,13-16,18,21H,1,7,9-12,17H2,2-3H3,(H2,28,31)/b8-6+,19-5+,22-13+. The number of fused-ring (bicyclic) bond motifs is 1. The van der Waals surface area contributed by atoms with Crippen LogP contribution in [0, 0.1) is 0 Å². The minimum absolute atomic E-state index is 0.350. The zero-order valence-electron chi connectivity index (χ0n) is 18.6. The summed E-state index contributed by atoms with van der Waals surface area (Å²) in [7, 11) is 0. The number of rotatable bonds is 8. The van der Waals surface area contributed by atoms with Crippen molar-refractivity contribution in [3.05, 3.63) is 77.6 Å². The zero-order valence-corrected chi connectivity index (χ0v) is 18.6. The molecular weight excluding hydrogens is 384 g/mol. The predicted molar refractivity (Wildman–Crippen MR) is 129 cm³/mol. The molecule has 4 nitrogen and oxygen atoms in total. The molecule has 4 heteroatoms. The molecule has 1 aliphatic carbocycles. The van der Waals surface area contributed by atoms with Crippen LogP contribution < -0.4 is 5.73 Å². The van der Waals surface area contributed by atoms with E-state index in [-0.39, 0.29) is 0 Å². The Hall–Kier alpha value is -3.14. The quantitative estimate of drug-likeness (QED) is 0.322. The minimum atomic E-state index is -0.453. The molecule has 1 aromatic heterocycles. The fourth-order valence-electron chi connectivity index (χ4n) is 4.63. The number of aromatic nitrogens is 1. The topological polar surface area (TPSA) is 65.1 Å². The minimum Gasteiger partial charge on any atom is -0.366 e. The Morgan fingerprint density at radius 3 is 2.58 bits per heavy atom. The Morgan fingerprint density at radius 2 is 1.97 bits per heavy atom. The Bertz CT molecular complexity index is 1080. The van der Waals surface area contributed by atoms with Crippen molar-refractivity contribution < 1.29 is 9.59 Å². The molecule has 0 spiro atoms. The Labute approximate surface area is 184 Å². The number of allylic oxidation sites excluding steroid dienone is 6. The molecular formula is C27H32N2O2. The molecule has 1 heterocycles. The van der Waals surface area contributed by atoms with Crippen LogP contribution in [0.1, 0.15) is 73.5 Å². The highest BCUT2D eigenvalue weighted by atomic mass is 16.1. The summed E-state index contributed by atoms with van der Waals surface area (Å²) in [6.45, 7) is 8.17. The fourth-order valence-corrected chi connectivity index (χ4v) is 4.63. The number of aldehydes is 1. The average molecular weight is 417 g/mol. The van der Waals surface area contributed by atoms with Gasteiger partial charge in [-0.2, -0.15) is 0 Å². The summed E-state index contributed by atoms with van der Waals surface area (Å²) in [4.78, 5) is 23.8. The van der Waals surface area contributed by atoms with Crippen molar-refractivity contribution in [2.45, 2.75) is 58.4 Å². The van der Waals surface area contributed by atoms with Crippen LogP contribution in [-0.4, -0.2) is 16.8 Å². The zero-order chi connectivity index (χ0) is 22.4. The van der Waals surface area contributed by atoms with Gasteiger partial charge in [-0.25, -0.2) is 0 Å². The first-order valence-electron chi connectivity index (χ1n) is 11.0. The molecule has 1 fully saturated rings. The molecule has 1 amide bonds. The van der Waals surface area contributed by atoms with Gasteiger partial charge in [-0.1, -0.05) is 68.4 Å². The maximum atomic E-state index is 12.2. The Morgan fingerprint density at radius 1 is 1.23 bits per heavy atom. The first-order chi connectivity index (χ1) is 15.0. The van der Waals surface area contributed by atoms with E-state index < -0.39 is 5.91 Å². The van der Waals surface area contributed by atoms with Crippen LogP contribution in [0.15, 0.2) is 60.7 Å². The average Bonchev–Trinajstić information content (AvgIpc) is 3.11. The smallest absolute Gasteiger partial charge is 0.246 e. The number of nitrogens with zero attached hydrogens (tertiary/aromatic N) is 1. The fraction of sp³-hybridized carbons (Fsp3) is 0.333. The summed E-state index contributed by atoms with van der Waals surface area (Å²) in [5.41, 5.74) is 11.5. The van der Waals surface area contributed by atoms with Crippen LogP contribution in [0.4, 0.5) is 0 Å². The molecule has 1 saturated carbocycles. The number of carbonyl (C=O) groups excluding carboxylic acids is 2. The van der Waals surface area contributed by atoms with Gasteiger partial charge in [0.05, 0.1) is 6.54 Å². The highest BCUT2D eigenvalue weighted by Gasteiger charge is 2.27. The van der Waals surface area contributed by atoms with Gasteiger partial charge in [0.25, 0.3) is 0 Å². The van der Waals surface area contributed by atoms with E-state index in [2.05, 4.69) is 30.2 Å². The van der Waals surface area contributed by atoms with E-state index in [4.69, 9.17) is 5.73 Å². The van der Waals surface area contributed by atoms with Crippen molar-refractivity contribution in [2.24, 2.45) is 5.73 Å². The summed E-state index contributed by atoms with van der Waals surface area (Å²) < 4.78 is 2.17. The summed E-state index contributed by atoms with van der Waals surface area (Å²) in [6, 6.07) is 5.88. The van der Waals surface area contributed by atoms with Gasteiger partial charge in [-0.15, -0.1) is 0 Å². The second-order valence-corrected chi connectivity index (χ2v) is 8.23. The Kier molecular flexibility index (Phi) is 7.45. The third kappa shape index (κ3) is 4.79. The van der Waals surface area contributed by atoms with E-state index >= 15 is 0 Å². The summed E-state index contributed by atoms with van der Waals surface area (Å²) in [5.74, 6) is 0.0246. The monoisotopic (exact) mass is 416 g/mol. The van der Waals surface area contributed by atoms with E-state index in [0.717, 1.165) is 23.1 Å². The molecule has 0 bridgehead atoms. The van der Waals surface area contributed by atoms with Crippen LogP contribution in [-0.2, 0) is 11.3 Å². The van der Waals surface area contributed by atoms with Crippen molar-refractivity contribution in [1.29, 1.82) is 0 Å². The van der Waals surface area contributed by atoms with Crippen molar-refractivity contribution in [2.75, 3.05) is 0 Å². The third-order valence-electron chi connectivity index (χ3n) is 6.27. The lowest BCUT2D eigenvalue weighted by atomic mass is 9.82. The predicted octanol–water partition coefficient (Wildman–Crippen LogP) is 6.08. The van der Waals surface area contributed by atoms with Crippen LogP contribution in [0.5, 0.6) is 0 Å². The first-order valence-corrected chi connectivity index (χ1v) is 11.0. The summed E-state index contributed by atoms with van der Waals surface area (Å²) >= 11 is 0. The highest BCUT2D eigenvalue weighted by molar-refractivity contribution is 5.96. The number of primary amides is 1. The molecule has 0 aliphatic heterocycles. The molecule has 31 heavy (non-hydrogen) atoms. The van der Waals surface area contributed by atoms with E-state index in [1.165, 1.54) is 43.1 Å². The van der Waals surface area contributed by atoms with Gasteiger partial charge in [0.15, 0.2) is 0 Å². The highest BCUT2D eigenvalue weighted by Crippen LogP contribution is 2.42. The molecule has 2 aromatic rings. The number of benzene rings is 1. The normalized spacial score (nSPS) is 16.2. The number of nitrogens with two attached hydrogens (primary N) is 1. The van der Waals surface area contributed by atoms with Crippen LogP contribution in [0.25, 0.3) is 16.5 Å². The molecule has 1 aliphatic rings. The largest absolute Gasteiger partial charge is 0.366 e. The van der Waals surface area contributed by atoms with Crippen LogP contribution >= 0.6 is 0 Å².